The number of nitrogens with one attached hydrogen (secondary N) is 1. The first-order chi connectivity index (χ1) is 6.43. The fraction of sp³-hybridized carbons (Fsp3) is 0.900. The zero-order valence-corrected chi connectivity index (χ0v) is 9.63. The van der Waals surface area contributed by atoms with E-state index in [0.29, 0.717) is 19.5 Å². The summed E-state index contributed by atoms with van der Waals surface area (Å²) in [5, 5.41) is 11.6. The first kappa shape index (κ1) is 13.2. The van der Waals surface area contributed by atoms with Crippen LogP contribution in [0, 0.1) is 5.41 Å². The molecule has 4 heteroatoms. The van der Waals surface area contributed by atoms with Crippen LogP contribution < -0.4 is 5.32 Å². The minimum Gasteiger partial charge on any atom is -0.396 e. The normalized spacial score (nSPS) is 11.2. The molecule has 0 bridgehead atoms. The van der Waals surface area contributed by atoms with Gasteiger partial charge in [-0.25, -0.2) is 4.79 Å². The lowest BCUT2D eigenvalue weighted by atomic mass is 9.90. The van der Waals surface area contributed by atoms with Gasteiger partial charge in [-0.1, -0.05) is 13.8 Å². The molecule has 0 aliphatic carbocycles. The number of hydrogen-bond donors (Lipinski definition) is 2. The standard InChI is InChI=1S/C10H22N2O2/c1-5-12(4)9(14)11-8-10(2,3)6-7-13/h13H,5-8H2,1-4H3,(H,11,14). The number of aliphatic hydroxyl groups excluding tert-OH is 1. The molecule has 0 radical (unpaired) electrons. The minimum absolute atomic E-state index is 0.0427. The Labute approximate surface area is 86.3 Å². The second-order valence-electron chi connectivity index (χ2n) is 4.31. The Balaban J connectivity index is 3.87. The molecule has 0 atom stereocenters. The number of amides is 2. The second kappa shape index (κ2) is 5.86. The van der Waals surface area contributed by atoms with Gasteiger partial charge in [-0.3, -0.25) is 0 Å². The summed E-state index contributed by atoms with van der Waals surface area (Å²) in [5.74, 6) is 0. The minimum atomic E-state index is -0.0569. The largest absolute Gasteiger partial charge is 0.396 e. The molecule has 0 aromatic rings. The van der Waals surface area contributed by atoms with Gasteiger partial charge >= 0.3 is 6.03 Å². The van der Waals surface area contributed by atoms with Crippen LogP contribution in [0.5, 0.6) is 0 Å². The summed E-state index contributed by atoms with van der Waals surface area (Å²) in [4.78, 5) is 13.0. The van der Waals surface area contributed by atoms with Crippen molar-refractivity contribution < 1.29 is 9.90 Å². The van der Waals surface area contributed by atoms with Gasteiger partial charge in [-0.2, -0.15) is 0 Å². The van der Waals surface area contributed by atoms with E-state index >= 15 is 0 Å². The van der Waals surface area contributed by atoms with Crippen molar-refractivity contribution in [3.63, 3.8) is 0 Å². The first-order valence-corrected chi connectivity index (χ1v) is 5.03. The summed E-state index contributed by atoms with van der Waals surface area (Å²) in [7, 11) is 1.76. The third kappa shape index (κ3) is 5.07. The Morgan fingerprint density at radius 2 is 2.07 bits per heavy atom. The van der Waals surface area contributed by atoms with Gasteiger partial charge in [0.15, 0.2) is 0 Å². The maximum atomic E-state index is 11.4. The number of carbonyl (C=O) groups is 1. The predicted molar refractivity (Wildman–Crippen MR) is 57.2 cm³/mol. The van der Waals surface area contributed by atoms with Crippen LogP contribution in [0.3, 0.4) is 0 Å². The summed E-state index contributed by atoms with van der Waals surface area (Å²) in [6.45, 7) is 7.43. The lowest BCUT2D eigenvalue weighted by Gasteiger charge is -2.25. The Hall–Kier alpha value is -0.770. The molecule has 4 nitrogen and oxygen atoms in total. The monoisotopic (exact) mass is 202 g/mol. The molecule has 84 valence electrons. The van der Waals surface area contributed by atoms with E-state index in [-0.39, 0.29) is 18.1 Å². The Bertz CT molecular complexity index is 181. The van der Waals surface area contributed by atoms with Crippen molar-refractivity contribution in [1.29, 1.82) is 0 Å². The summed E-state index contributed by atoms with van der Waals surface area (Å²) in [5.41, 5.74) is -0.0427. The van der Waals surface area contributed by atoms with Crippen molar-refractivity contribution in [1.82, 2.24) is 10.2 Å². The molecular formula is C10H22N2O2. The molecule has 0 aliphatic heterocycles. The Kier molecular flexibility index (Phi) is 5.53. The third-order valence-corrected chi connectivity index (χ3v) is 2.33. The fourth-order valence-electron chi connectivity index (χ4n) is 0.985. The molecule has 0 aromatic heterocycles. The van der Waals surface area contributed by atoms with Gasteiger partial charge in [0.25, 0.3) is 0 Å². The number of rotatable bonds is 5. The van der Waals surface area contributed by atoms with Crippen LogP contribution in [-0.4, -0.2) is 42.8 Å². The van der Waals surface area contributed by atoms with Gasteiger partial charge in [-0.05, 0) is 18.8 Å². The maximum absolute atomic E-state index is 11.4. The predicted octanol–water partition coefficient (Wildman–Crippen LogP) is 1.06. The smallest absolute Gasteiger partial charge is 0.317 e. The van der Waals surface area contributed by atoms with Gasteiger partial charge < -0.3 is 15.3 Å². The Morgan fingerprint density at radius 3 is 2.50 bits per heavy atom. The summed E-state index contributed by atoms with van der Waals surface area (Å²) < 4.78 is 0. The van der Waals surface area contributed by atoms with Crippen LogP contribution in [0.1, 0.15) is 27.2 Å². The SMILES string of the molecule is CCN(C)C(=O)NCC(C)(C)CCO. The molecule has 2 N–H and O–H groups in total. The number of urea groups is 1. The maximum Gasteiger partial charge on any atom is 0.317 e. The van der Waals surface area contributed by atoms with E-state index in [0.717, 1.165) is 0 Å². The van der Waals surface area contributed by atoms with E-state index in [1.807, 2.05) is 20.8 Å². The highest BCUT2D eigenvalue weighted by atomic mass is 16.3. The van der Waals surface area contributed by atoms with E-state index in [9.17, 15) is 4.79 Å². The molecule has 2 amide bonds. The van der Waals surface area contributed by atoms with Crippen molar-refractivity contribution in [2.45, 2.75) is 27.2 Å². The summed E-state index contributed by atoms with van der Waals surface area (Å²) in [6.07, 6.45) is 0.698. The van der Waals surface area contributed by atoms with Crippen LogP contribution in [0.15, 0.2) is 0 Å². The van der Waals surface area contributed by atoms with E-state index in [4.69, 9.17) is 5.11 Å². The van der Waals surface area contributed by atoms with E-state index in [1.165, 1.54) is 0 Å². The second-order valence-corrected chi connectivity index (χ2v) is 4.31. The van der Waals surface area contributed by atoms with Gasteiger partial charge in [-0.15, -0.1) is 0 Å². The van der Waals surface area contributed by atoms with Gasteiger partial charge in [0, 0.05) is 26.7 Å². The van der Waals surface area contributed by atoms with Crippen molar-refractivity contribution >= 4 is 6.03 Å². The van der Waals surface area contributed by atoms with Gasteiger partial charge in [0.1, 0.15) is 0 Å². The zero-order chi connectivity index (χ0) is 11.2. The third-order valence-electron chi connectivity index (χ3n) is 2.33. The van der Waals surface area contributed by atoms with Crippen molar-refractivity contribution in [2.24, 2.45) is 5.41 Å². The molecule has 0 aromatic carbocycles. The van der Waals surface area contributed by atoms with Gasteiger partial charge in [0.05, 0.1) is 0 Å². The van der Waals surface area contributed by atoms with E-state index in [1.54, 1.807) is 11.9 Å². The zero-order valence-electron chi connectivity index (χ0n) is 9.63. The molecule has 0 unspecified atom stereocenters. The highest BCUT2D eigenvalue weighted by Crippen LogP contribution is 2.17. The lowest BCUT2D eigenvalue weighted by Crippen LogP contribution is -2.41. The quantitative estimate of drug-likeness (QED) is 0.700. The van der Waals surface area contributed by atoms with Crippen molar-refractivity contribution in [3.05, 3.63) is 0 Å². The molecule has 0 saturated heterocycles. The van der Waals surface area contributed by atoms with Crippen molar-refractivity contribution in [3.8, 4) is 0 Å². The van der Waals surface area contributed by atoms with Crippen LogP contribution in [0.2, 0.25) is 0 Å². The summed E-state index contributed by atoms with van der Waals surface area (Å²) in [6, 6.07) is -0.0569. The number of aliphatic hydroxyl groups is 1. The van der Waals surface area contributed by atoms with Crippen LogP contribution in [0.25, 0.3) is 0 Å². The highest BCUT2D eigenvalue weighted by Gasteiger charge is 2.18. The average molecular weight is 202 g/mol. The number of carbonyl (C=O) groups excluding carboxylic acids is 1. The van der Waals surface area contributed by atoms with Crippen LogP contribution in [0.4, 0.5) is 4.79 Å². The van der Waals surface area contributed by atoms with Crippen molar-refractivity contribution in [2.75, 3.05) is 26.7 Å². The first-order valence-electron chi connectivity index (χ1n) is 5.03. The molecule has 0 saturated carbocycles. The molecule has 14 heavy (non-hydrogen) atoms. The lowest BCUT2D eigenvalue weighted by molar-refractivity contribution is 0.188. The molecule has 0 heterocycles. The average Bonchev–Trinajstić information content (AvgIpc) is 2.13. The summed E-state index contributed by atoms with van der Waals surface area (Å²) >= 11 is 0. The Morgan fingerprint density at radius 1 is 1.50 bits per heavy atom. The van der Waals surface area contributed by atoms with E-state index < -0.39 is 0 Å². The van der Waals surface area contributed by atoms with E-state index in [2.05, 4.69) is 5.32 Å². The van der Waals surface area contributed by atoms with Gasteiger partial charge in [0.2, 0.25) is 0 Å². The highest BCUT2D eigenvalue weighted by molar-refractivity contribution is 5.73. The molecule has 0 spiro atoms. The fourth-order valence-corrected chi connectivity index (χ4v) is 0.985. The topological polar surface area (TPSA) is 52.6 Å². The number of hydrogen-bond acceptors (Lipinski definition) is 2. The van der Waals surface area contributed by atoms with Crippen LogP contribution >= 0.6 is 0 Å². The van der Waals surface area contributed by atoms with Crippen LogP contribution in [-0.2, 0) is 0 Å². The molecule has 0 aliphatic rings. The molecule has 0 fully saturated rings. The molecular weight excluding hydrogens is 180 g/mol. The number of nitrogens with zero attached hydrogens (tertiary/aromatic N) is 1. The molecule has 0 rings (SSSR count).